The van der Waals surface area contributed by atoms with Gasteiger partial charge in [0.15, 0.2) is 5.78 Å². The van der Waals surface area contributed by atoms with E-state index in [1.807, 2.05) is 25.6 Å². The van der Waals surface area contributed by atoms with Crippen LogP contribution in [-0.2, 0) is 4.79 Å². The van der Waals surface area contributed by atoms with Crippen molar-refractivity contribution in [1.29, 1.82) is 0 Å². The summed E-state index contributed by atoms with van der Waals surface area (Å²) in [6.07, 6.45) is 2.58. The lowest BCUT2D eigenvalue weighted by atomic mass is 9.68. The number of halogens is 2. The van der Waals surface area contributed by atoms with Crippen LogP contribution in [0.25, 0.3) is 0 Å². The summed E-state index contributed by atoms with van der Waals surface area (Å²) in [6, 6.07) is 3.48. The van der Waals surface area contributed by atoms with Crippen molar-refractivity contribution in [3.8, 4) is 5.75 Å². The summed E-state index contributed by atoms with van der Waals surface area (Å²) < 4.78 is 0.562. The number of fused-ring (bicyclic) bond motifs is 1. The quantitative estimate of drug-likeness (QED) is 0.627. The third-order valence-electron chi connectivity index (χ3n) is 5.43. The molecule has 132 valence electrons. The van der Waals surface area contributed by atoms with E-state index >= 15 is 0 Å². The number of hydrogen-bond donors (Lipinski definition) is 1. The van der Waals surface area contributed by atoms with E-state index in [4.69, 9.17) is 16.6 Å². The maximum Gasteiger partial charge on any atom is 0.166 e. The Morgan fingerprint density at radius 1 is 1.36 bits per heavy atom. The number of Topliss-reactive ketones (excluding diaryl/α,β-unsaturated/α-hetero) is 1. The Bertz CT molecular complexity index is 846. The van der Waals surface area contributed by atoms with Crippen LogP contribution in [-0.4, -0.2) is 27.6 Å². The van der Waals surface area contributed by atoms with Crippen molar-refractivity contribution in [2.45, 2.75) is 44.3 Å². The van der Waals surface area contributed by atoms with Crippen molar-refractivity contribution in [1.82, 2.24) is 0 Å². The number of nitrogens with zero attached hydrogens (tertiary/aromatic N) is 1. The average molecular weight is 441 g/mol. The summed E-state index contributed by atoms with van der Waals surface area (Å²) in [5.74, 6) is 1.15. The highest BCUT2D eigenvalue weighted by Gasteiger charge is 2.47. The largest absolute Gasteiger partial charge is 0.506 e. The lowest BCUT2D eigenvalue weighted by Gasteiger charge is -2.39. The third-order valence-corrected chi connectivity index (χ3v) is 7.59. The van der Waals surface area contributed by atoms with E-state index in [2.05, 4.69) is 15.9 Å². The van der Waals surface area contributed by atoms with Gasteiger partial charge in [0.1, 0.15) is 5.75 Å². The highest BCUT2D eigenvalue weighted by molar-refractivity contribution is 9.10. The highest BCUT2D eigenvalue weighted by atomic mass is 79.9. The van der Waals surface area contributed by atoms with Crippen LogP contribution in [0.3, 0.4) is 0 Å². The number of aliphatic imine (C=N–C) groups is 1. The first kappa shape index (κ1) is 17.6. The van der Waals surface area contributed by atoms with E-state index in [1.54, 1.807) is 12.1 Å². The molecule has 2 heterocycles. The molecule has 0 saturated carbocycles. The van der Waals surface area contributed by atoms with Gasteiger partial charge in [0.2, 0.25) is 0 Å². The second-order valence-electron chi connectivity index (χ2n) is 7.52. The second kappa shape index (κ2) is 6.14. The molecule has 25 heavy (non-hydrogen) atoms. The van der Waals surface area contributed by atoms with Gasteiger partial charge >= 0.3 is 0 Å². The molecule has 0 bridgehead atoms. The molecule has 6 heteroatoms. The Morgan fingerprint density at radius 2 is 2.12 bits per heavy atom. The van der Waals surface area contributed by atoms with Gasteiger partial charge in [-0.25, -0.2) is 0 Å². The molecule has 1 aromatic rings. The predicted octanol–water partition coefficient (Wildman–Crippen LogP) is 5.50. The van der Waals surface area contributed by atoms with Crippen LogP contribution in [0.4, 0.5) is 0 Å². The molecule has 2 atom stereocenters. The predicted molar refractivity (Wildman–Crippen MR) is 107 cm³/mol. The molecule has 0 spiro atoms. The Labute approximate surface area is 165 Å². The molecule has 0 amide bonds. The van der Waals surface area contributed by atoms with E-state index in [0.717, 1.165) is 47.6 Å². The number of aromatic hydroxyl groups is 1. The van der Waals surface area contributed by atoms with Crippen molar-refractivity contribution in [2.75, 3.05) is 5.75 Å². The number of benzene rings is 1. The van der Waals surface area contributed by atoms with E-state index in [1.165, 1.54) is 0 Å². The second-order valence-corrected chi connectivity index (χ2v) is 10.1. The van der Waals surface area contributed by atoms with Crippen LogP contribution in [0.1, 0.15) is 44.6 Å². The summed E-state index contributed by atoms with van der Waals surface area (Å²) >= 11 is 11.5. The summed E-state index contributed by atoms with van der Waals surface area (Å²) in [6.45, 7) is 4.01. The Kier molecular flexibility index (Phi) is 4.33. The first-order chi connectivity index (χ1) is 11.8. The van der Waals surface area contributed by atoms with Crippen molar-refractivity contribution in [3.05, 3.63) is 38.5 Å². The van der Waals surface area contributed by atoms with E-state index < -0.39 is 5.41 Å². The van der Waals surface area contributed by atoms with Crippen LogP contribution in [0.2, 0.25) is 5.02 Å². The van der Waals surface area contributed by atoms with Crippen molar-refractivity contribution in [2.24, 2.45) is 10.4 Å². The number of thioether (sulfide) groups is 1. The topological polar surface area (TPSA) is 49.7 Å². The molecule has 3 aliphatic rings. The number of carbonyl (C=O) groups excluding carboxylic acids is 1. The molecule has 2 aliphatic heterocycles. The molecule has 1 N–H and O–H groups in total. The zero-order chi connectivity index (χ0) is 17.9. The Balaban J connectivity index is 1.94. The van der Waals surface area contributed by atoms with Crippen LogP contribution in [0, 0.1) is 5.41 Å². The van der Waals surface area contributed by atoms with E-state index in [-0.39, 0.29) is 22.7 Å². The fourth-order valence-corrected chi connectivity index (χ4v) is 6.27. The lowest BCUT2D eigenvalue weighted by Crippen LogP contribution is -2.38. The first-order valence-corrected chi connectivity index (χ1v) is 10.7. The standard InChI is InChI=1S/C19H19BrClNO2S/c1-19(2)5-3-12-15(18(19)24)14(17-13(22-12)4-6-25-17)10-7-9(21)8-11(20)16(10)23/h7-8,14,17,23H,3-6H2,1-2H3. The minimum absolute atomic E-state index is 0.105. The molecule has 3 nitrogen and oxygen atoms in total. The van der Waals surface area contributed by atoms with Crippen LogP contribution < -0.4 is 0 Å². The number of carbonyl (C=O) groups is 1. The number of hydrogen-bond acceptors (Lipinski definition) is 4. The zero-order valence-electron chi connectivity index (χ0n) is 14.1. The van der Waals surface area contributed by atoms with Crippen molar-refractivity contribution < 1.29 is 9.90 Å². The van der Waals surface area contributed by atoms with Gasteiger partial charge in [0.25, 0.3) is 0 Å². The summed E-state index contributed by atoms with van der Waals surface area (Å²) in [5.41, 5.74) is 3.18. The molecule has 0 aromatic heterocycles. The normalized spacial score (nSPS) is 27.8. The van der Waals surface area contributed by atoms with Gasteiger partial charge in [-0.1, -0.05) is 25.4 Å². The SMILES string of the molecule is CC1(C)CCC2=C(C1=O)C(c1cc(Cl)cc(Br)c1O)C1SCCC1=N2. The lowest BCUT2D eigenvalue weighted by molar-refractivity contribution is -0.124. The fourth-order valence-electron chi connectivity index (χ4n) is 4.01. The fraction of sp³-hybridized carbons (Fsp3) is 0.474. The molecule has 1 aliphatic carbocycles. The van der Waals surface area contributed by atoms with Gasteiger partial charge in [0.05, 0.1) is 9.72 Å². The van der Waals surface area contributed by atoms with Crippen molar-refractivity contribution >= 4 is 50.8 Å². The Morgan fingerprint density at radius 3 is 2.88 bits per heavy atom. The molecule has 4 rings (SSSR count). The summed E-state index contributed by atoms with van der Waals surface area (Å²) in [4.78, 5) is 18.1. The average Bonchev–Trinajstić information content (AvgIpc) is 3.01. The highest BCUT2D eigenvalue weighted by Crippen LogP contribution is 2.53. The zero-order valence-corrected chi connectivity index (χ0v) is 17.3. The van der Waals surface area contributed by atoms with Gasteiger partial charge in [-0.05, 0) is 53.1 Å². The monoisotopic (exact) mass is 439 g/mol. The maximum absolute atomic E-state index is 13.3. The number of ketones is 1. The Hall–Kier alpha value is -0.780. The molecule has 1 fully saturated rings. The van der Waals surface area contributed by atoms with Crippen LogP contribution >= 0.6 is 39.3 Å². The molecule has 2 unspecified atom stereocenters. The van der Waals surface area contributed by atoms with Gasteiger partial charge in [-0.2, -0.15) is 11.8 Å². The van der Waals surface area contributed by atoms with Gasteiger partial charge < -0.3 is 5.11 Å². The van der Waals surface area contributed by atoms with Crippen molar-refractivity contribution in [3.63, 3.8) is 0 Å². The summed E-state index contributed by atoms with van der Waals surface area (Å²) in [7, 11) is 0. The molecule has 0 radical (unpaired) electrons. The third kappa shape index (κ3) is 2.79. The molecule has 1 saturated heterocycles. The number of allylic oxidation sites excluding steroid dienone is 2. The molecular weight excluding hydrogens is 422 g/mol. The smallest absolute Gasteiger partial charge is 0.166 e. The van der Waals surface area contributed by atoms with Gasteiger partial charge in [-0.15, -0.1) is 0 Å². The van der Waals surface area contributed by atoms with E-state index in [9.17, 15) is 9.90 Å². The molecule has 1 aromatic carbocycles. The maximum atomic E-state index is 13.3. The minimum Gasteiger partial charge on any atom is -0.506 e. The summed E-state index contributed by atoms with van der Waals surface area (Å²) in [5, 5.41) is 11.4. The van der Waals surface area contributed by atoms with Gasteiger partial charge in [0, 0.05) is 38.9 Å². The van der Waals surface area contributed by atoms with E-state index in [0.29, 0.717) is 9.50 Å². The minimum atomic E-state index is -0.390. The number of phenols is 1. The van der Waals surface area contributed by atoms with Crippen LogP contribution in [0.15, 0.2) is 32.9 Å². The number of rotatable bonds is 1. The molecular formula is C19H19BrClNO2S. The number of phenolic OH excluding ortho intramolecular Hbond substituents is 1. The first-order valence-electron chi connectivity index (χ1n) is 8.44. The van der Waals surface area contributed by atoms with Gasteiger partial charge in [-0.3, -0.25) is 9.79 Å². The van der Waals surface area contributed by atoms with Crippen LogP contribution in [0.5, 0.6) is 5.75 Å².